The molecular formula is C15H21ClN2O3. The molecule has 0 bridgehead atoms. The van der Waals surface area contributed by atoms with Crippen LogP contribution in [0.25, 0.3) is 0 Å². The number of amides is 1. The van der Waals surface area contributed by atoms with E-state index in [2.05, 4.69) is 0 Å². The van der Waals surface area contributed by atoms with E-state index in [1.54, 1.807) is 17.0 Å². The number of anilines is 1. The Morgan fingerprint density at radius 3 is 2.43 bits per heavy atom. The molecule has 2 rings (SSSR count). The summed E-state index contributed by atoms with van der Waals surface area (Å²) < 4.78 is 5.36. The van der Waals surface area contributed by atoms with Crippen molar-refractivity contribution in [2.24, 2.45) is 0 Å². The van der Waals surface area contributed by atoms with Crippen LogP contribution >= 0.6 is 11.6 Å². The van der Waals surface area contributed by atoms with Crippen molar-refractivity contribution >= 4 is 23.4 Å². The van der Waals surface area contributed by atoms with E-state index in [1.165, 1.54) is 0 Å². The van der Waals surface area contributed by atoms with Gasteiger partial charge in [-0.15, -0.1) is 0 Å². The maximum absolute atomic E-state index is 12.0. The van der Waals surface area contributed by atoms with E-state index in [0.29, 0.717) is 36.9 Å². The third kappa shape index (κ3) is 3.94. The van der Waals surface area contributed by atoms with Gasteiger partial charge in [0.05, 0.1) is 10.7 Å². The summed E-state index contributed by atoms with van der Waals surface area (Å²) in [6.07, 6.45) is -0.294. The first-order valence-electron chi connectivity index (χ1n) is 6.98. The van der Waals surface area contributed by atoms with E-state index in [9.17, 15) is 9.90 Å². The van der Waals surface area contributed by atoms with Gasteiger partial charge in [0, 0.05) is 26.2 Å². The Kier molecular flexibility index (Phi) is 4.52. The lowest BCUT2D eigenvalue weighted by Crippen LogP contribution is -2.50. The molecule has 1 fully saturated rings. The fourth-order valence-electron chi connectivity index (χ4n) is 2.22. The van der Waals surface area contributed by atoms with E-state index >= 15 is 0 Å². The highest BCUT2D eigenvalue weighted by Crippen LogP contribution is 2.34. The molecule has 116 valence electrons. The number of ether oxygens (including phenoxy) is 1. The molecule has 1 amide bonds. The molecule has 6 heteroatoms. The highest BCUT2D eigenvalue weighted by Gasteiger charge is 2.26. The highest BCUT2D eigenvalue weighted by atomic mass is 35.5. The standard InChI is InChI=1S/C15H21ClN2O3/c1-15(2,3)21-14(20)18-9-7-17(8-10-18)12-6-4-5-11(16)13(12)19/h4-6,19H,7-10H2,1-3H3. The molecule has 0 spiro atoms. The third-order valence-corrected chi connectivity index (χ3v) is 3.54. The number of benzene rings is 1. The number of phenolic OH excluding ortho intramolecular Hbond substituents is 1. The lowest BCUT2D eigenvalue weighted by Gasteiger charge is -2.37. The second-order valence-corrected chi connectivity index (χ2v) is 6.47. The van der Waals surface area contributed by atoms with Crippen LogP contribution in [0.4, 0.5) is 10.5 Å². The Labute approximate surface area is 130 Å². The van der Waals surface area contributed by atoms with Crippen molar-refractivity contribution in [1.82, 2.24) is 4.90 Å². The summed E-state index contributed by atoms with van der Waals surface area (Å²) in [5, 5.41) is 10.3. The Morgan fingerprint density at radius 2 is 1.86 bits per heavy atom. The summed E-state index contributed by atoms with van der Waals surface area (Å²) >= 11 is 5.92. The van der Waals surface area contributed by atoms with Gasteiger partial charge < -0.3 is 19.6 Å². The van der Waals surface area contributed by atoms with E-state index in [1.807, 2.05) is 31.7 Å². The van der Waals surface area contributed by atoms with Gasteiger partial charge >= 0.3 is 6.09 Å². The van der Waals surface area contributed by atoms with E-state index < -0.39 is 5.60 Å². The normalized spacial score (nSPS) is 16.0. The van der Waals surface area contributed by atoms with Gasteiger partial charge in [-0.25, -0.2) is 4.79 Å². The van der Waals surface area contributed by atoms with Crippen LogP contribution in [0.2, 0.25) is 5.02 Å². The molecule has 0 saturated carbocycles. The topological polar surface area (TPSA) is 53.0 Å². The summed E-state index contributed by atoms with van der Waals surface area (Å²) in [5.41, 5.74) is 0.214. The second kappa shape index (κ2) is 6.02. The van der Waals surface area contributed by atoms with E-state index in [-0.39, 0.29) is 11.8 Å². The molecule has 1 aliphatic rings. The molecular weight excluding hydrogens is 292 g/mol. The zero-order chi connectivity index (χ0) is 15.6. The molecule has 5 nitrogen and oxygen atoms in total. The van der Waals surface area contributed by atoms with Crippen molar-refractivity contribution < 1.29 is 14.6 Å². The van der Waals surface area contributed by atoms with Gasteiger partial charge in [-0.2, -0.15) is 0 Å². The fourth-order valence-corrected chi connectivity index (χ4v) is 2.39. The molecule has 0 unspecified atom stereocenters. The van der Waals surface area contributed by atoms with Crippen LogP contribution in [0.5, 0.6) is 5.75 Å². The number of carbonyl (C=O) groups is 1. The van der Waals surface area contributed by atoms with Gasteiger partial charge in [0.25, 0.3) is 0 Å². The summed E-state index contributed by atoms with van der Waals surface area (Å²) in [6, 6.07) is 5.28. The second-order valence-electron chi connectivity index (χ2n) is 6.06. The van der Waals surface area contributed by atoms with Crippen molar-refractivity contribution in [2.75, 3.05) is 31.1 Å². The number of phenols is 1. The quantitative estimate of drug-likeness (QED) is 0.865. The summed E-state index contributed by atoms with van der Waals surface area (Å²) in [4.78, 5) is 15.7. The molecule has 0 aliphatic carbocycles. The van der Waals surface area contributed by atoms with Gasteiger partial charge in [0.1, 0.15) is 5.60 Å². The monoisotopic (exact) mass is 312 g/mol. The van der Waals surface area contributed by atoms with Crippen LogP contribution in [0.15, 0.2) is 18.2 Å². The number of rotatable bonds is 1. The molecule has 1 heterocycles. The van der Waals surface area contributed by atoms with Crippen LogP contribution in [0.3, 0.4) is 0 Å². The van der Waals surface area contributed by atoms with Crippen molar-refractivity contribution in [3.8, 4) is 5.75 Å². The number of hydrogen-bond acceptors (Lipinski definition) is 4. The number of carbonyl (C=O) groups excluding carboxylic acids is 1. The molecule has 0 atom stereocenters. The maximum atomic E-state index is 12.0. The van der Waals surface area contributed by atoms with E-state index in [0.717, 1.165) is 0 Å². The molecule has 1 saturated heterocycles. The van der Waals surface area contributed by atoms with Crippen LogP contribution in [-0.2, 0) is 4.74 Å². The van der Waals surface area contributed by atoms with Crippen LogP contribution < -0.4 is 4.90 Å². The number of aromatic hydroxyl groups is 1. The Bertz CT molecular complexity index is 520. The molecule has 1 aromatic rings. The Morgan fingerprint density at radius 1 is 1.24 bits per heavy atom. The molecule has 0 aromatic heterocycles. The van der Waals surface area contributed by atoms with Gasteiger partial charge in [-0.3, -0.25) is 0 Å². The minimum Gasteiger partial charge on any atom is -0.504 e. The van der Waals surface area contributed by atoms with Gasteiger partial charge in [0.15, 0.2) is 5.75 Å². The first kappa shape index (κ1) is 15.8. The van der Waals surface area contributed by atoms with Crippen molar-refractivity contribution in [2.45, 2.75) is 26.4 Å². The highest BCUT2D eigenvalue weighted by molar-refractivity contribution is 6.32. The minimum atomic E-state index is -0.487. The zero-order valence-corrected chi connectivity index (χ0v) is 13.4. The predicted molar refractivity (Wildman–Crippen MR) is 83.1 cm³/mol. The smallest absolute Gasteiger partial charge is 0.410 e. The summed E-state index contributed by atoms with van der Waals surface area (Å²) in [5.74, 6) is 0.0879. The number of halogens is 1. The summed E-state index contributed by atoms with van der Waals surface area (Å²) in [6.45, 7) is 7.93. The molecule has 1 aromatic carbocycles. The predicted octanol–water partition coefficient (Wildman–Crippen LogP) is 3.10. The van der Waals surface area contributed by atoms with Crippen LogP contribution in [0.1, 0.15) is 20.8 Å². The average Bonchev–Trinajstić information content (AvgIpc) is 2.40. The number of hydrogen-bond donors (Lipinski definition) is 1. The molecule has 1 N–H and O–H groups in total. The lowest BCUT2D eigenvalue weighted by atomic mass is 10.2. The first-order chi connectivity index (χ1) is 9.78. The third-order valence-electron chi connectivity index (χ3n) is 3.24. The Hall–Kier alpha value is -1.62. The Balaban J connectivity index is 1.97. The minimum absolute atomic E-state index is 0.0879. The number of piperazine rings is 1. The summed E-state index contributed by atoms with van der Waals surface area (Å²) in [7, 11) is 0. The number of nitrogens with zero attached hydrogens (tertiary/aromatic N) is 2. The SMILES string of the molecule is CC(C)(C)OC(=O)N1CCN(c2cccc(Cl)c2O)CC1. The van der Waals surface area contributed by atoms with Gasteiger partial charge in [-0.1, -0.05) is 17.7 Å². The number of para-hydroxylation sites is 1. The van der Waals surface area contributed by atoms with Gasteiger partial charge in [-0.05, 0) is 32.9 Å². The largest absolute Gasteiger partial charge is 0.504 e. The van der Waals surface area contributed by atoms with Crippen molar-refractivity contribution in [3.05, 3.63) is 23.2 Å². The van der Waals surface area contributed by atoms with Crippen molar-refractivity contribution in [3.63, 3.8) is 0 Å². The molecule has 1 aliphatic heterocycles. The average molecular weight is 313 g/mol. The van der Waals surface area contributed by atoms with Crippen LogP contribution in [0, 0.1) is 0 Å². The lowest BCUT2D eigenvalue weighted by molar-refractivity contribution is 0.0240. The van der Waals surface area contributed by atoms with Crippen molar-refractivity contribution in [1.29, 1.82) is 0 Å². The van der Waals surface area contributed by atoms with Gasteiger partial charge in [0.2, 0.25) is 0 Å². The molecule has 0 radical (unpaired) electrons. The first-order valence-corrected chi connectivity index (χ1v) is 7.36. The fraction of sp³-hybridized carbons (Fsp3) is 0.533. The maximum Gasteiger partial charge on any atom is 0.410 e. The van der Waals surface area contributed by atoms with E-state index in [4.69, 9.17) is 16.3 Å². The molecule has 21 heavy (non-hydrogen) atoms. The zero-order valence-electron chi connectivity index (χ0n) is 12.6. The van der Waals surface area contributed by atoms with Crippen LogP contribution in [-0.4, -0.2) is 47.9 Å².